The van der Waals surface area contributed by atoms with Crippen molar-refractivity contribution in [3.05, 3.63) is 30.3 Å². The summed E-state index contributed by atoms with van der Waals surface area (Å²) in [6.07, 6.45) is 10.5. The molecule has 3 heterocycles. The highest BCUT2D eigenvalue weighted by atomic mass is 16.9. The highest BCUT2D eigenvalue weighted by molar-refractivity contribution is 5.84. The van der Waals surface area contributed by atoms with Gasteiger partial charge in [0.2, 0.25) is 5.79 Å². The van der Waals surface area contributed by atoms with E-state index in [1.54, 1.807) is 0 Å². The van der Waals surface area contributed by atoms with Gasteiger partial charge in [0.15, 0.2) is 18.0 Å². The number of unbranched alkanes of at least 4 members (excludes halogenated alkanes) is 9. The molecule has 1 N–H and O–H groups in total. The normalized spacial score (nSPS) is 27.5. The first kappa shape index (κ1) is 32.2. The third-order valence-electron chi connectivity index (χ3n) is 8.03. The number of carbonyl (C=O) groups is 1. The molecule has 3 aliphatic rings. The van der Waals surface area contributed by atoms with E-state index in [0.717, 1.165) is 25.9 Å². The molecule has 0 bridgehead atoms. The van der Waals surface area contributed by atoms with Gasteiger partial charge in [-0.2, -0.15) is 0 Å². The number of fused-ring (bicyclic) bond motifs is 1. The Morgan fingerprint density at radius 1 is 0.951 bits per heavy atom. The summed E-state index contributed by atoms with van der Waals surface area (Å²) in [6, 6.07) is 9.27. The molecule has 0 unspecified atom stereocenters. The van der Waals surface area contributed by atoms with Gasteiger partial charge in [-0.3, -0.25) is 10.2 Å². The van der Waals surface area contributed by atoms with Crippen LogP contribution >= 0.6 is 0 Å². The standard InChI is InChI=1S/C32H52N2O7/c1-4-5-6-7-8-9-10-11-12-16-21-37-25-32-29(40-31(2,3)41-32)28(27(39-32)24-34-19-22-36-23-20-34)38-30(35)33-26-17-14-13-15-18-26/h13-15,17-18,27-29H,4-12,16,19-25H2,1-3H3,(H,33,35)/t27-,28+,29-,32-/m0/s1. The summed E-state index contributed by atoms with van der Waals surface area (Å²) in [5.41, 5.74) is 0.663. The molecule has 0 aliphatic carbocycles. The average molecular weight is 577 g/mol. The molecule has 0 radical (unpaired) electrons. The third kappa shape index (κ3) is 9.90. The summed E-state index contributed by atoms with van der Waals surface area (Å²) >= 11 is 0. The molecule has 3 aliphatic heterocycles. The molecule has 1 aromatic carbocycles. The molecular formula is C32H52N2O7. The van der Waals surface area contributed by atoms with Crippen molar-refractivity contribution in [3.8, 4) is 0 Å². The first-order valence-electron chi connectivity index (χ1n) is 15.9. The van der Waals surface area contributed by atoms with Crippen LogP contribution in [0, 0.1) is 0 Å². The second-order valence-corrected chi connectivity index (χ2v) is 12.0. The largest absolute Gasteiger partial charge is 0.440 e. The zero-order valence-corrected chi connectivity index (χ0v) is 25.4. The Morgan fingerprint density at radius 2 is 1.61 bits per heavy atom. The van der Waals surface area contributed by atoms with Crippen molar-refractivity contribution >= 4 is 11.8 Å². The molecule has 1 aromatic rings. The molecule has 3 saturated heterocycles. The molecule has 3 fully saturated rings. The Balaban J connectivity index is 1.31. The number of morpholine rings is 1. The Hall–Kier alpha value is -1.75. The minimum absolute atomic E-state index is 0.221. The number of nitrogens with zero attached hydrogens (tertiary/aromatic N) is 1. The first-order valence-corrected chi connectivity index (χ1v) is 15.9. The van der Waals surface area contributed by atoms with E-state index >= 15 is 0 Å². The topological polar surface area (TPSA) is 87.7 Å². The molecule has 232 valence electrons. The van der Waals surface area contributed by atoms with E-state index in [2.05, 4.69) is 17.1 Å². The van der Waals surface area contributed by atoms with Crippen LogP contribution < -0.4 is 5.32 Å². The van der Waals surface area contributed by atoms with Crippen LogP contribution in [-0.4, -0.2) is 86.9 Å². The van der Waals surface area contributed by atoms with Gasteiger partial charge in [-0.25, -0.2) is 4.79 Å². The quantitative estimate of drug-likeness (QED) is 0.222. The van der Waals surface area contributed by atoms with E-state index in [0.29, 0.717) is 32.1 Å². The fourth-order valence-electron chi connectivity index (χ4n) is 5.98. The molecule has 0 aromatic heterocycles. The minimum atomic E-state index is -1.14. The van der Waals surface area contributed by atoms with Gasteiger partial charge in [-0.1, -0.05) is 82.9 Å². The highest BCUT2D eigenvalue weighted by Gasteiger charge is 2.66. The van der Waals surface area contributed by atoms with Gasteiger partial charge in [0.1, 0.15) is 12.7 Å². The van der Waals surface area contributed by atoms with Crippen molar-refractivity contribution in [1.29, 1.82) is 0 Å². The Bertz CT molecular complexity index is 895. The van der Waals surface area contributed by atoms with Crippen LogP contribution in [0.4, 0.5) is 10.5 Å². The number of ether oxygens (including phenoxy) is 6. The van der Waals surface area contributed by atoms with E-state index in [1.807, 2.05) is 44.2 Å². The number of carbonyl (C=O) groups excluding carboxylic acids is 1. The first-order chi connectivity index (χ1) is 19.9. The number of nitrogens with one attached hydrogen (secondary N) is 1. The lowest BCUT2D eigenvalue weighted by atomic mass is 10.0. The third-order valence-corrected chi connectivity index (χ3v) is 8.03. The number of rotatable bonds is 17. The highest BCUT2D eigenvalue weighted by Crippen LogP contribution is 2.47. The van der Waals surface area contributed by atoms with Gasteiger partial charge in [0.25, 0.3) is 0 Å². The number of hydrogen-bond acceptors (Lipinski definition) is 8. The fraction of sp³-hybridized carbons (Fsp3) is 0.781. The zero-order valence-electron chi connectivity index (χ0n) is 25.4. The minimum Gasteiger partial charge on any atom is -0.440 e. The number of anilines is 1. The molecule has 9 nitrogen and oxygen atoms in total. The maximum atomic E-state index is 13.0. The van der Waals surface area contributed by atoms with Crippen molar-refractivity contribution < 1.29 is 33.2 Å². The Kier molecular flexibility index (Phi) is 12.7. The maximum Gasteiger partial charge on any atom is 0.412 e. The number of para-hydroxylation sites is 1. The van der Waals surface area contributed by atoms with Crippen LogP contribution in [0.25, 0.3) is 0 Å². The average Bonchev–Trinajstić information content (AvgIpc) is 3.36. The van der Waals surface area contributed by atoms with Gasteiger partial charge in [-0.15, -0.1) is 0 Å². The second-order valence-electron chi connectivity index (χ2n) is 12.0. The summed E-state index contributed by atoms with van der Waals surface area (Å²) in [7, 11) is 0. The second kappa shape index (κ2) is 16.2. The summed E-state index contributed by atoms with van der Waals surface area (Å²) in [5.74, 6) is -2.04. The van der Waals surface area contributed by atoms with Crippen molar-refractivity contribution in [2.45, 2.75) is 115 Å². The SMILES string of the molecule is CCCCCCCCCCCCOC[C@@]12O[C@@H](CN3CCOCC3)[C@@H](OC(=O)Nc3ccccc3)[C@@H]1OC(C)(C)O2. The molecule has 0 saturated carbocycles. The number of amides is 1. The van der Waals surface area contributed by atoms with Crippen molar-refractivity contribution in [2.75, 3.05) is 51.4 Å². The summed E-state index contributed by atoms with van der Waals surface area (Å²) in [6.45, 7) is 10.3. The Morgan fingerprint density at radius 3 is 2.29 bits per heavy atom. The van der Waals surface area contributed by atoms with Gasteiger partial charge in [-0.05, 0) is 32.4 Å². The van der Waals surface area contributed by atoms with Crippen LogP contribution in [0.3, 0.4) is 0 Å². The maximum absolute atomic E-state index is 13.0. The van der Waals surface area contributed by atoms with Crippen LogP contribution in [0.1, 0.15) is 85.0 Å². The van der Waals surface area contributed by atoms with E-state index in [1.165, 1.54) is 51.4 Å². The fourth-order valence-corrected chi connectivity index (χ4v) is 5.98. The van der Waals surface area contributed by atoms with Gasteiger partial charge < -0.3 is 28.4 Å². The van der Waals surface area contributed by atoms with E-state index in [4.69, 9.17) is 28.4 Å². The van der Waals surface area contributed by atoms with E-state index in [-0.39, 0.29) is 6.61 Å². The smallest absolute Gasteiger partial charge is 0.412 e. The molecule has 0 spiro atoms. The van der Waals surface area contributed by atoms with Crippen LogP contribution in [0.15, 0.2) is 30.3 Å². The van der Waals surface area contributed by atoms with Crippen LogP contribution in [-0.2, 0) is 28.4 Å². The van der Waals surface area contributed by atoms with Crippen molar-refractivity contribution in [3.63, 3.8) is 0 Å². The summed E-state index contributed by atoms with van der Waals surface area (Å²) in [4.78, 5) is 15.3. The summed E-state index contributed by atoms with van der Waals surface area (Å²) in [5, 5.41) is 2.82. The van der Waals surface area contributed by atoms with Crippen molar-refractivity contribution in [1.82, 2.24) is 4.90 Å². The number of hydrogen-bond donors (Lipinski definition) is 1. The van der Waals surface area contributed by atoms with Crippen molar-refractivity contribution in [2.24, 2.45) is 0 Å². The van der Waals surface area contributed by atoms with Gasteiger partial charge >= 0.3 is 6.09 Å². The van der Waals surface area contributed by atoms with Gasteiger partial charge in [0, 0.05) is 31.9 Å². The van der Waals surface area contributed by atoms with Gasteiger partial charge in [0.05, 0.1) is 13.2 Å². The molecule has 4 rings (SSSR count). The van der Waals surface area contributed by atoms with Crippen LogP contribution in [0.2, 0.25) is 0 Å². The van der Waals surface area contributed by atoms with Crippen LogP contribution in [0.5, 0.6) is 0 Å². The molecular weight excluding hydrogens is 524 g/mol. The monoisotopic (exact) mass is 576 g/mol. The predicted octanol–water partition coefficient (Wildman–Crippen LogP) is 6.12. The van der Waals surface area contributed by atoms with E-state index in [9.17, 15) is 4.79 Å². The van der Waals surface area contributed by atoms with E-state index < -0.39 is 36.0 Å². The lowest BCUT2D eigenvalue weighted by Crippen LogP contribution is -2.47. The predicted molar refractivity (Wildman–Crippen MR) is 158 cm³/mol. The molecule has 41 heavy (non-hydrogen) atoms. The lowest BCUT2D eigenvalue weighted by Gasteiger charge is -2.33. The molecule has 4 atom stereocenters. The zero-order chi connectivity index (χ0) is 29.0. The molecule has 1 amide bonds. The number of benzene rings is 1. The summed E-state index contributed by atoms with van der Waals surface area (Å²) < 4.78 is 37.0. The molecule has 9 heteroatoms. The Labute approximate surface area is 246 Å². The lowest BCUT2D eigenvalue weighted by molar-refractivity contribution is -0.279.